The van der Waals surface area contributed by atoms with Crippen molar-refractivity contribution < 1.29 is 17.9 Å². The zero-order chi connectivity index (χ0) is 21.9. The van der Waals surface area contributed by atoms with E-state index in [0.29, 0.717) is 17.8 Å². The van der Waals surface area contributed by atoms with E-state index in [0.717, 1.165) is 15.4 Å². The summed E-state index contributed by atoms with van der Waals surface area (Å²) in [4.78, 5) is 12.5. The Morgan fingerprint density at radius 1 is 1.13 bits per heavy atom. The van der Waals surface area contributed by atoms with Crippen molar-refractivity contribution in [2.24, 2.45) is 0 Å². The molecule has 0 atom stereocenters. The Balaban J connectivity index is 1.81. The number of aryl methyl sites for hydroxylation is 1. The average molecular weight is 429 g/mol. The number of carbonyl (C=O) groups excluding carboxylic acids is 1. The molecule has 3 rings (SSSR count). The molecule has 0 bridgehead atoms. The zero-order valence-corrected chi connectivity index (χ0v) is 18.1. The third-order valence-electron chi connectivity index (χ3n) is 4.61. The van der Waals surface area contributed by atoms with Crippen LogP contribution in [-0.2, 0) is 16.6 Å². The number of hydrogen-bond acceptors (Lipinski definition) is 5. The second kappa shape index (κ2) is 8.68. The zero-order valence-electron chi connectivity index (χ0n) is 17.3. The minimum Gasteiger partial charge on any atom is -0.495 e. The normalized spacial score (nSPS) is 11.5. The van der Waals surface area contributed by atoms with Crippen LogP contribution in [-0.4, -0.2) is 50.0 Å². The van der Waals surface area contributed by atoms with Crippen LogP contribution in [0.5, 0.6) is 5.75 Å². The van der Waals surface area contributed by atoms with E-state index in [1.807, 2.05) is 31.2 Å². The fourth-order valence-corrected chi connectivity index (χ4v) is 3.88. The van der Waals surface area contributed by atoms with Crippen LogP contribution >= 0.6 is 0 Å². The largest absolute Gasteiger partial charge is 0.495 e. The number of nitrogens with zero attached hydrogens (tertiary/aromatic N) is 2. The van der Waals surface area contributed by atoms with Gasteiger partial charge in [0.2, 0.25) is 10.0 Å². The lowest BCUT2D eigenvalue weighted by atomic mass is 10.1. The molecule has 30 heavy (non-hydrogen) atoms. The lowest BCUT2D eigenvalue weighted by Crippen LogP contribution is -2.23. The molecule has 2 aromatic carbocycles. The Kier molecular flexibility index (Phi) is 6.23. The molecule has 0 saturated carbocycles. The summed E-state index contributed by atoms with van der Waals surface area (Å²) >= 11 is 0. The molecule has 1 amide bonds. The van der Waals surface area contributed by atoms with Crippen molar-refractivity contribution in [2.45, 2.75) is 18.4 Å². The minimum atomic E-state index is -3.71. The molecule has 0 aliphatic heterocycles. The summed E-state index contributed by atoms with van der Waals surface area (Å²) in [6.45, 7) is 2.39. The molecule has 9 heteroatoms. The molecular weight excluding hydrogens is 404 g/mol. The minimum absolute atomic E-state index is 0.0286. The van der Waals surface area contributed by atoms with Crippen molar-refractivity contribution in [1.82, 2.24) is 19.8 Å². The van der Waals surface area contributed by atoms with Gasteiger partial charge in [-0.2, -0.15) is 5.10 Å². The van der Waals surface area contributed by atoms with Crippen molar-refractivity contribution in [1.29, 1.82) is 0 Å². The van der Waals surface area contributed by atoms with Crippen LogP contribution in [0.15, 0.2) is 53.4 Å². The lowest BCUT2D eigenvalue weighted by Gasteiger charge is -2.15. The summed E-state index contributed by atoms with van der Waals surface area (Å²) in [5.74, 6) is -0.0666. The van der Waals surface area contributed by atoms with Gasteiger partial charge >= 0.3 is 0 Å². The number of aromatic nitrogens is 2. The predicted molar refractivity (Wildman–Crippen MR) is 114 cm³/mol. The van der Waals surface area contributed by atoms with Gasteiger partial charge in [-0.15, -0.1) is 0 Å². The van der Waals surface area contributed by atoms with Crippen LogP contribution in [0.25, 0.3) is 11.3 Å². The van der Waals surface area contributed by atoms with Gasteiger partial charge in [0.25, 0.3) is 5.91 Å². The highest BCUT2D eigenvalue weighted by atomic mass is 32.2. The van der Waals surface area contributed by atoms with Gasteiger partial charge in [-0.1, -0.05) is 29.8 Å². The third-order valence-corrected chi connectivity index (χ3v) is 6.45. The van der Waals surface area contributed by atoms with Crippen molar-refractivity contribution in [2.75, 3.05) is 21.2 Å². The monoisotopic (exact) mass is 428 g/mol. The molecular formula is C21H24N4O4S. The number of ether oxygens (including phenoxy) is 1. The summed E-state index contributed by atoms with van der Waals surface area (Å²) in [5.41, 5.74) is 3.42. The molecule has 1 aromatic heterocycles. The standard InChI is InChI=1S/C21H24N4O4S/c1-14-5-7-15(8-6-14)13-22-21(26)18-12-17(23-24-18)16-9-10-19(29-4)20(11-16)30(27,28)25(2)3/h5-12H,13H2,1-4H3,(H,22,26)(H,23,24). The summed E-state index contributed by atoms with van der Waals surface area (Å²) in [6.07, 6.45) is 0. The highest BCUT2D eigenvalue weighted by Gasteiger charge is 2.23. The maximum atomic E-state index is 12.6. The Bertz CT molecular complexity index is 1150. The van der Waals surface area contributed by atoms with Crippen LogP contribution in [0.1, 0.15) is 21.6 Å². The predicted octanol–water partition coefficient (Wildman–Crippen LogP) is 2.57. The van der Waals surface area contributed by atoms with Crippen molar-refractivity contribution in [3.8, 4) is 17.0 Å². The van der Waals surface area contributed by atoms with Crippen LogP contribution in [0.2, 0.25) is 0 Å². The van der Waals surface area contributed by atoms with Gasteiger partial charge in [-0.25, -0.2) is 12.7 Å². The second-order valence-corrected chi connectivity index (χ2v) is 9.11. The van der Waals surface area contributed by atoms with E-state index in [-0.39, 0.29) is 22.2 Å². The second-order valence-electron chi connectivity index (χ2n) is 6.99. The van der Waals surface area contributed by atoms with Crippen LogP contribution in [0.4, 0.5) is 0 Å². The van der Waals surface area contributed by atoms with Crippen molar-refractivity contribution >= 4 is 15.9 Å². The van der Waals surface area contributed by atoms with Crippen LogP contribution in [0, 0.1) is 6.92 Å². The van der Waals surface area contributed by atoms with Gasteiger partial charge in [0, 0.05) is 26.2 Å². The molecule has 0 aliphatic rings. The fourth-order valence-electron chi connectivity index (χ4n) is 2.80. The number of rotatable bonds is 7. The van der Waals surface area contributed by atoms with Gasteiger partial charge in [0.1, 0.15) is 16.3 Å². The summed E-state index contributed by atoms with van der Waals surface area (Å²) < 4.78 is 31.5. The molecule has 158 valence electrons. The van der Waals surface area contributed by atoms with E-state index < -0.39 is 10.0 Å². The first-order chi connectivity index (χ1) is 14.2. The number of H-pyrrole nitrogens is 1. The Hall–Kier alpha value is -3.17. The van der Waals surface area contributed by atoms with Crippen LogP contribution in [0.3, 0.4) is 0 Å². The number of carbonyl (C=O) groups is 1. The first kappa shape index (κ1) is 21.5. The van der Waals surface area contributed by atoms with E-state index in [4.69, 9.17) is 4.74 Å². The number of nitrogens with one attached hydrogen (secondary N) is 2. The van der Waals surface area contributed by atoms with Gasteiger partial charge < -0.3 is 10.1 Å². The quantitative estimate of drug-likeness (QED) is 0.602. The van der Waals surface area contributed by atoms with Gasteiger partial charge in [0.15, 0.2) is 0 Å². The fraction of sp³-hybridized carbons (Fsp3) is 0.238. The Labute approximate surface area is 175 Å². The molecule has 3 aromatic rings. The molecule has 0 unspecified atom stereocenters. The van der Waals surface area contributed by atoms with Crippen molar-refractivity contribution in [3.63, 3.8) is 0 Å². The molecule has 2 N–H and O–H groups in total. The smallest absolute Gasteiger partial charge is 0.269 e. The molecule has 1 heterocycles. The van der Waals surface area contributed by atoms with Gasteiger partial charge in [-0.05, 0) is 36.8 Å². The average Bonchev–Trinajstić information content (AvgIpc) is 3.23. The van der Waals surface area contributed by atoms with E-state index in [1.54, 1.807) is 18.2 Å². The van der Waals surface area contributed by atoms with E-state index >= 15 is 0 Å². The molecule has 0 fully saturated rings. The SMILES string of the molecule is COc1ccc(-c2cc(C(=O)NCc3ccc(C)cc3)[nH]n2)cc1S(=O)(=O)N(C)C. The molecule has 0 saturated heterocycles. The summed E-state index contributed by atoms with van der Waals surface area (Å²) in [7, 11) is 0.602. The van der Waals surface area contributed by atoms with Gasteiger partial charge in [0.05, 0.1) is 12.8 Å². The maximum Gasteiger partial charge on any atom is 0.269 e. The van der Waals surface area contributed by atoms with Crippen molar-refractivity contribution in [3.05, 3.63) is 65.4 Å². The number of amides is 1. The third kappa shape index (κ3) is 4.52. The number of aromatic amines is 1. The van der Waals surface area contributed by atoms with E-state index in [1.165, 1.54) is 27.3 Å². The van der Waals surface area contributed by atoms with E-state index in [2.05, 4.69) is 15.5 Å². The molecule has 8 nitrogen and oxygen atoms in total. The van der Waals surface area contributed by atoms with Gasteiger partial charge in [-0.3, -0.25) is 9.89 Å². The highest BCUT2D eigenvalue weighted by molar-refractivity contribution is 7.89. The topological polar surface area (TPSA) is 104 Å². The number of benzene rings is 2. The molecule has 0 aliphatic carbocycles. The number of methoxy groups -OCH3 is 1. The Morgan fingerprint density at radius 3 is 2.47 bits per heavy atom. The summed E-state index contributed by atoms with van der Waals surface area (Å²) in [6, 6.07) is 14.2. The molecule has 0 radical (unpaired) electrons. The highest BCUT2D eigenvalue weighted by Crippen LogP contribution is 2.30. The number of hydrogen-bond donors (Lipinski definition) is 2. The maximum absolute atomic E-state index is 12.6. The van der Waals surface area contributed by atoms with E-state index in [9.17, 15) is 13.2 Å². The lowest BCUT2D eigenvalue weighted by molar-refractivity contribution is 0.0946. The van der Waals surface area contributed by atoms with Crippen LogP contribution < -0.4 is 10.1 Å². The number of sulfonamides is 1. The summed E-state index contributed by atoms with van der Waals surface area (Å²) in [5, 5.41) is 9.70. The first-order valence-corrected chi connectivity index (χ1v) is 10.7. The molecule has 0 spiro atoms. The first-order valence-electron chi connectivity index (χ1n) is 9.22. The Morgan fingerprint density at radius 2 is 1.83 bits per heavy atom.